The van der Waals surface area contributed by atoms with Crippen molar-refractivity contribution in [1.82, 2.24) is 0 Å². The molecule has 106 valence electrons. The lowest BCUT2D eigenvalue weighted by molar-refractivity contribution is 0.632. The summed E-state index contributed by atoms with van der Waals surface area (Å²) in [5.41, 5.74) is 5.00. The maximum Gasteiger partial charge on any atom is 0.0301 e. The van der Waals surface area contributed by atoms with Crippen LogP contribution in [0.25, 0.3) is 0 Å². The fourth-order valence-corrected chi connectivity index (χ4v) is 2.36. The zero-order chi connectivity index (χ0) is 14.7. The first kappa shape index (κ1) is 17.8. The third-order valence-electron chi connectivity index (χ3n) is 3.31. The summed E-state index contributed by atoms with van der Waals surface area (Å²) >= 11 is 0. The molecule has 0 heterocycles. The Kier molecular flexibility index (Phi) is 9.99. The molecule has 0 aliphatic rings. The topological polar surface area (TPSA) is 0 Å². The van der Waals surface area contributed by atoms with Gasteiger partial charge in [-0.2, -0.15) is 0 Å². The van der Waals surface area contributed by atoms with Crippen molar-refractivity contribution in [1.29, 1.82) is 0 Å². The van der Waals surface area contributed by atoms with Gasteiger partial charge in [-0.25, -0.2) is 0 Å². The molecule has 1 aromatic rings. The van der Waals surface area contributed by atoms with Gasteiger partial charge in [0.2, 0.25) is 0 Å². The van der Waals surface area contributed by atoms with Gasteiger partial charge in [0.1, 0.15) is 0 Å². The summed E-state index contributed by atoms with van der Waals surface area (Å²) < 4.78 is 0. The SMILES string of the molecule is C#Cc1c(C)cc(CCCCCCC)cc1C.CC. The van der Waals surface area contributed by atoms with E-state index >= 15 is 0 Å². The summed E-state index contributed by atoms with van der Waals surface area (Å²) in [5, 5.41) is 0. The minimum Gasteiger partial charge on any atom is -0.115 e. The van der Waals surface area contributed by atoms with E-state index < -0.39 is 0 Å². The molecule has 0 unspecified atom stereocenters. The van der Waals surface area contributed by atoms with Crippen molar-refractivity contribution >= 4 is 0 Å². The number of hydrogen-bond donors (Lipinski definition) is 0. The van der Waals surface area contributed by atoms with Gasteiger partial charge in [0.15, 0.2) is 0 Å². The predicted octanol–water partition coefficient (Wildman–Crippen LogP) is 5.82. The average Bonchev–Trinajstić information content (AvgIpc) is 2.40. The number of unbranched alkanes of at least 4 members (excludes halogenated alkanes) is 4. The molecule has 0 atom stereocenters. The summed E-state index contributed by atoms with van der Waals surface area (Å²) in [6.07, 6.45) is 13.4. The first-order valence-electron chi connectivity index (χ1n) is 7.75. The van der Waals surface area contributed by atoms with Gasteiger partial charge < -0.3 is 0 Å². The fourth-order valence-electron chi connectivity index (χ4n) is 2.36. The second-order valence-corrected chi connectivity index (χ2v) is 4.91. The minimum atomic E-state index is 1.07. The van der Waals surface area contributed by atoms with E-state index in [4.69, 9.17) is 6.42 Å². The maximum atomic E-state index is 5.51. The average molecular weight is 258 g/mol. The van der Waals surface area contributed by atoms with E-state index in [1.807, 2.05) is 13.8 Å². The highest BCUT2D eigenvalue weighted by molar-refractivity contribution is 5.47. The van der Waals surface area contributed by atoms with E-state index in [1.165, 1.54) is 55.2 Å². The standard InChI is InChI=1S/C17H24.C2H6/c1-5-7-8-9-10-11-16-12-14(3)17(6-2)15(4)13-16;1-2/h2,12-13H,5,7-11H2,1,3-4H3;1-2H3. The van der Waals surface area contributed by atoms with Crippen LogP contribution in [-0.4, -0.2) is 0 Å². The van der Waals surface area contributed by atoms with E-state index in [-0.39, 0.29) is 0 Å². The van der Waals surface area contributed by atoms with Crippen LogP contribution in [0.1, 0.15) is 75.1 Å². The van der Waals surface area contributed by atoms with E-state index in [1.54, 1.807) is 0 Å². The smallest absolute Gasteiger partial charge is 0.0301 e. The molecular weight excluding hydrogens is 228 g/mol. The van der Waals surface area contributed by atoms with Crippen molar-refractivity contribution in [2.45, 2.75) is 73.1 Å². The predicted molar refractivity (Wildman–Crippen MR) is 87.7 cm³/mol. The van der Waals surface area contributed by atoms with Crippen LogP contribution < -0.4 is 0 Å². The second kappa shape index (κ2) is 10.7. The Morgan fingerprint density at radius 2 is 1.47 bits per heavy atom. The number of rotatable bonds is 6. The Morgan fingerprint density at radius 3 is 1.95 bits per heavy atom. The first-order valence-corrected chi connectivity index (χ1v) is 7.75. The Labute approximate surface area is 120 Å². The molecule has 0 saturated heterocycles. The molecule has 0 fully saturated rings. The molecule has 0 heteroatoms. The van der Waals surface area contributed by atoms with Crippen LogP contribution in [0.15, 0.2) is 12.1 Å². The highest BCUT2D eigenvalue weighted by Crippen LogP contribution is 2.17. The van der Waals surface area contributed by atoms with Gasteiger partial charge in [0, 0.05) is 5.56 Å². The Hall–Kier alpha value is -1.22. The Balaban J connectivity index is 0.00000154. The van der Waals surface area contributed by atoms with Crippen LogP contribution in [0.2, 0.25) is 0 Å². The summed E-state index contributed by atoms with van der Waals surface area (Å²) in [5.74, 6) is 2.77. The molecule has 1 aromatic carbocycles. The van der Waals surface area contributed by atoms with E-state index in [2.05, 4.69) is 38.8 Å². The van der Waals surface area contributed by atoms with Gasteiger partial charge in [-0.3, -0.25) is 0 Å². The molecule has 0 aromatic heterocycles. The Morgan fingerprint density at radius 1 is 0.947 bits per heavy atom. The monoisotopic (exact) mass is 258 g/mol. The summed E-state index contributed by atoms with van der Waals surface area (Å²) in [6.45, 7) is 10.5. The zero-order valence-corrected chi connectivity index (χ0v) is 13.5. The van der Waals surface area contributed by atoms with Crippen molar-refractivity contribution in [2.24, 2.45) is 0 Å². The van der Waals surface area contributed by atoms with Crippen LogP contribution in [-0.2, 0) is 6.42 Å². The van der Waals surface area contributed by atoms with Gasteiger partial charge in [0.05, 0.1) is 0 Å². The van der Waals surface area contributed by atoms with Crippen LogP contribution in [0.4, 0.5) is 0 Å². The van der Waals surface area contributed by atoms with Crippen molar-refractivity contribution in [3.05, 3.63) is 34.4 Å². The number of aryl methyl sites for hydroxylation is 3. The second-order valence-electron chi connectivity index (χ2n) is 4.91. The lowest BCUT2D eigenvalue weighted by atomic mass is 9.97. The van der Waals surface area contributed by atoms with Crippen LogP contribution in [0, 0.1) is 26.2 Å². The maximum absolute atomic E-state index is 5.51. The fraction of sp³-hybridized carbons (Fsp3) is 0.579. The highest BCUT2D eigenvalue weighted by Gasteiger charge is 2.02. The molecule has 1 rings (SSSR count). The highest BCUT2D eigenvalue weighted by atomic mass is 14.1. The normalized spacial score (nSPS) is 9.47. The summed E-state index contributed by atoms with van der Waals surface area (Å²) in [7, 11) is 0. The molecule has 0 aliphatic heterocycles. The molecule has 19 heavy (non-hydrogen) atoms. The molecule has 0 bridgehead atoms. The number of terminal acetylenes is 1. The number of benzene rings is 1. The third kappa shape index (κ3) is 6.48. The van der Waals surface area contributed by atoms with Gasteiger partial charge in [-0.15, -0.1) is 6.42 Å². The van der Waals surface area contributed by atoms with E-state index in [9.17, 15) is 0 Å². The van der Waals surface area contributed by atoms with Crippen molar-refractivity contribution < 1.29 is 0 Å². The molecule has 0 spiro atoms. The lowest BCUT2D eigenvalue weighted by Gasteiger charge is -2.08. The van der Waals surface area contributed by atoms with Gasteiger partial charge in [-0.1, -0.05) is 64.5 Å². The molecule has 0 radical (unpaired) electrons. The summed E-state index contributed by atoms with van der Waals surface area (Å²) in [6, 6.07) is 4.50. The van der Waals surface area contributed by atoms with E-state index in [0.717, 1.165) is 5.56 Å². The van der Waals surface area contributed by atoms with E-state index in [0.29, 0.717) is 0 Å². The summed E-state index contributed by atoms with van der Waals surface area (Å²) in [4.78, 5) is 0. The van der Waals surface area contributed by atoms with Crippen molar-refractivity contribution in [3.63, 3.8) is 0 Å². The van der Waals surface area contributed by atoms with Gasteiger partial charge >= 0.3 is 0 Å². The van der Waals surface area contributed by atoms with Crippen LogP contribution in [0.5, 0.6) is 0 Å². The van der Waals surface area contributed by atoms with Crippen LogP contribution in [0.3, 0.4) is 0 Å². The van der Waals surface area contributed by atoms with Gasteiger partial charge in [0.25, 0.3) is 0 Å². The quantitative estimate of drug-likeness (QED) is 0.445. The lowest BCUT2D eigenvalue weighted by Crippen LogP contribution is -1.93. The van der Waals surface area contributed by atoms with Crippen molar-refractivity contribution in [3.8, 4) is 12.3 Å². The zero-order valence-electron chi connectivity index (χ0n) is 13.5. The largest absolute Gasteiger partial charge is 0.115 e. The number of hydrogen-bond acceptors (Lipinski definition) is 0. The van der Waals surface area contributed by atoms with Crippen LogP contribution >= 0.6 is 0 Å². The van der Waals surface area contributed by atoms with Gasteiger partial charge in [-0.05, 0) is 43.4 Å². The third-order valence-corrected chi connectivity index (χ3v) is 3.31. The molecule has 0 aliphatic carbocycles. The molecule has 0 saturated carbocycles. The Bertz CT molecular complexity index is 370. The van der Waals surface area contributed by atoms with Crippen molar-refractivity contribution in [2.75, 3.05) is 0 Å². The molecule has 0 amide bonds. The first-order chi connectivity index (χ1) is 9.19. The minimum absolute atomic E-state index is 1.07. The molecule has 0 nitrogen and oxygen atoms in total. The molecular formula is C19H30. The molecule has 0 N–H and O–H groups in total.